The topological polar surface area (TPSA) is 37.7 Å². The number of carbonyl (C=O) groups excluding carboxylic acids is 1. The van der Waals surface area contributed by atoms with Crippen molar-refractivity contribution in [2.24, 2.45) is 7.05 Å². The minimum absolute atomic E-state index is 0.670. The van der Waals surface area contributed by atoms with Crippen LogP contribution in [-0.2, 0) is 13.6 Å². The molecule has 0 saturated carbocycles. The van der Waals surface area contributed by atoms with Crippen molar-refractivity contribution in [2.75, 3.05) is 39.3 Å². The third-order valence-corrected chi connectivity index (χ3v) is 5.53. The van der Waals surface area contributed by atoms with Crippen LogP contribution in [0.2, 0.25) is 0 Å². The van der Waals surface area contributed by atoms with E-state index in [1.54, 1.807) is 12.1 Å². The number of ether oxygens (including phenoxy) is 1. The van der Waals surface area contributed by atoms with E-state index < -0.39 is 0 Å². The van der Waals surface area contributed by atoms with Gasteiger partial charge in [0, 0.05) is 69.0 Å². The number of hydrogen-bond acceptors (Lipinski definition) is 4. The van der Waals surface area contributed by atoms with Crippen LogP contribution in [0.3, 0.4) is 0 Å². The van der Waals surface area contributed by atoms with E-state index in [0.29, 0.717) is 12.2 Å². The molecule has 3 aromatic rings. The zero-order chi connectivity index (χ0) is 19.3. The van der Waals surface area contributed by atoms with Crippen LogP contribution in [0.1, 0.15) is 15.9 Å². The second kappa shape index (κ2) is 8.59. The van der Waals surface area contributed by atoms with Gasteiger partial charge in [0.1, 0.15) is 18.6 Å². The Morgan fingerprint density at radius 3 is 2.43 bits per heavy atom. The molecule has 5 heteroatoms. The number of aryl methyl sites for hydroxylation is 1. The number of nitrogens with zero attached hydrogens (tertiary/aromatic N) is 3. The van der Waals surface area contributed by atoms with Crippen molar-refractivity contribution in [1.82, 2.24) is 14.4 Å². The van der Waals surface area contributed by atoms with Gasteiger partial charge in [0.15, 0.2) is 0 Å². The SMILES string of the molecule is Cn1cc(CN2CCN(CCOc3ccc(C=O)cc3)CC2)c2ccccc21. The molecule has 0 bridgehead atoms. The highest BCUT2D eigenvalue weighted by Crippen LogP contribution is 2.22. The van der Waals surface area contributed by atoms with Crippen molar-refractivity contribution in [3.05, 3.63) is 65.9 Å². The average molecular weight is 377 g/mol. The zero-order valence-electron chi connectivity index (χ0n) is 16.4. The molecular formula is C23H27N3O2. The summed E-state index contributed by atoms with van der Waals surface area (Å²) in [6.45, 7) is 6.90. The number of fused-ring (bicyclic) bond motifs is 1. The van der Waals surface area contributed by atoms with Crippen molar-refractivity contribution >= 4 is 17.2 Å². The van der Waals surface area contributed by atoms with E-state index in [1.165, 1.54) is 16.5 Å². The number of para-hydroxylation sites is 1. The largest absolute Gasteiger partial charge is 0.492 e. The van der Waals surface area contributed by atoms with Crippen molar-refractivity contribution < 1.29 is 9.53 Å². The third kappa shape index (κ3) is 4.26. The molecule has 0 amide bonds. The van der Waals surface area contributed by atoms with E-state index in [1.807, 2.05) is 12.1 Å². The first-order valence-corrected chi connectivity index (χ1v) is 9.88. The number of aromatic nitrogens is 1. The fourth-order valence-corrected chi connectivity index (χ4v) is 3.90. The predicted molar refractivity (Wildman–Crippen MR) is 112 cm³/mol. The Morgan fingerprint density at radius 2 is 1.68 bits per heavy atom. The highest BCUT2D eigenvalue weighted by molar-refractivity contribution is 5.83. The van der Waals surface area contributed by atoms with Gasteiger partial charge < -0.3 is 9.30 Å². The summed E-state index contributed by atoms with van der Waals surface area (Å²) >= 11 is 0. The molecule has 1 aliphatic heterocycles. The van der Waals surface area contributed by atoms with Crippen LogP contribution in [0.5, 0.6) is 5.75 Å². The van der Waals surface area contributed by atoms with E-state index in [0.717, 1.165) is 51.3 Å². The summed E-state index contributed by atoms with van der Waals surface area (Å²) in [5, 5.41) is 1.36. The summed E-state index contributed by atoms with van der Waals surface area (Å²) in [6.07, 6.45) is 3.11. The highest BCUT2D eigenvalue weighted by Gasteiger charge is 2.18. The molecule has 1 aromatic heterocycles. The maximum atomic E-state index is 10.7. The lowest BCUT2D eigenvalue weighted by Gasteiger charge is -2.34. The maximum Gasteiger partial charge on any atom is 0.150 e. The van der Waals surface area contributed by atoms with Gasteiger partial charge in [-0.05, 0) is 35.9 Å². The zero-order valence-corrected chi connectivity index (χ0v) is 16.4. The third-order valence-electron chi connectivity index (χ3n) is 5.53. The second-order valence-electron chi connectivity index (χ2n) is 7.44. The highest BCUT2D eigenvalue weighted by atomic mass is 16.5. The van der Waals surface area contributed by atoms with Gasteiger partial charge in [-0.25, -0.2) is 0 Å². The van der Waals surface area contributed by atoms with Crippen LogP contribution in [-0.4, -0.2) is 60.0 Å². The maximum absolute atomic E-state index is 10.7. The predicted octanol–water partition coefficient (Wildman–Crippen LogP) is 3.19. The molecule has 2 heterocycles. The molecule has 0 aliphatic carbocycles. The van der Waals surface area contributed by atoms with Gasteiger partial charge in [-0.3, -0.25) is 14.6 Å². The minimum atomic E-state index is 0.670. The van der Waals surface area contributed by atoms with Crippen molar-refractivity contribution in [2.45, 2.75) is 6.54 Å². The van der Waals surface area contributed by atoms with E-state index in [4.69, 9.17) is 4.74 Å². The van der Waals surface area contributed by atoms with E-state index in [9.17, 15) is 4.79 Å². The average Bonchev–Trinajstić information content (AvgIpc) is 3.05. The molecule has 146 valence electrons. The lowest BCUT2D eigenvalue weighted by molar-refractivity contribution is 0.112. The quantitative estimate of drug-likeness (QED) is 0.593. The Hall–Kier alpha value is -2.63. The first kappa shape index (κ1) is 18.7. The normalized spacial score (nSPS) is 15.8. The second-order valence-corrected chi connectivity index (χ2v) is 7.44. The number of piperazine rings is 1. The standard InChI is InChI=1S/C23H27N3O2/c1-24-16-20(22-4-2-3-5-23(22)24)17-26-12-10-25(11-13-26)14-15-28-21-8-6-19(18-27)7-9-21/h2-9,16,18H,10-15,17H2,1H3. The van der Waals surface area contributed by atoms with E-state index in [2.05, 4.69) is 51.9 Å². The van der Waals surface area contributed by atoms with E-state index in [-0.39, 0.29) is 0 Å². The van der Waals surface area contributed by atoms with Crippen molar-refractivity contribution in [3.63, 3.8) is 0 Å². The van der Waals surface area contributed by atoms with Crippen LogP contribution < -0.4 is 4.74 Å². The molecule has 0 spiro atoms. The molecule has 0 unspecified atom stereocenters. The summed E-state index contributed by atoms with van der Waals surface area (Å²) in [5.74, 6) is 0.820. The fourth-order valence-electron chi connectivity index (χ4n) is 3.90. The summed E-state index contributed by atoms with van der Waals surface area (Å²) in [6, 6.07) is 15.9. The van der Waals surface area contributed by atoms with Crippen molar-refractivity contribution in [1.29, 1.82) is 0 Å². The van der Waals surface area contributed by atoms with Crippen LogP contribution in [0.25, 0.3) is 10.9 Å². The molecule has 1 aliphatic rings. The van der Waals surface area contributed by atoms with E-state index >= 15 is 0 Å². The summed E-state index contributed by atoms with van der Waals surface area (Å²) in [4.78, 5) is 15.7. The summed E-state index contributed by atoms with van der Waals surface area (Å²) in [7, 11) is 2.12. The molecule has 5 nitrogen and oxygen atoms in total. The molecule has 1 saturated heterocycles. The molecule has 0 radical (unpaired) electrons. The summed E-state index contributed by atoms with van der Waals surface area (Å²) < 4.78 is 8.03. The molecule has 4 rings (SSSR count). The number of carbonyl (C=O) groups is 1. The Labute approximate surface area is 166 Å². The number of rotatable bonds is 7. The van der Waals surface area contributed by atoms with Gasteiger partial charge in [-0.1, -0.05) is 18.2 Å². The Balaban J connectivity index is 1.23. The summed E-state index contributed by atoms with van der Waals surface area (Å²) in [5.41, 5.74) is 3.39. The Kier molecular flexibility index (Phi) is 5.74. The fraction of sp³-hybridized carbons (Fsp3) is 0.348. The van der Waals surface area contributed by atoms with Gasteiger partial charge >= 0.3 is 0 Å². The molecule has 28 heavy (non-hydrogen) atoms. The number of aldehydes is 1. The smallest absolute Gasteiger partial charge is 0.150 e. The van der Waals surface area contributed by atoms with Gasteiger partial charge in [-0.15, -0.1) is 0 Å². The van der Waals surface area contributed by atoms with Gasteiger partial charge in [0.2, 0.25) is 0 Å². The van der Waals surface area contributed by atoms with Gasteiger partial charge in [0.05, 0.1) is 0 Å². The van der Waals surface area contributed by atoms with Gasteiger partial charge in [0.25, 0.3) is 0 Å². The molecule has 2 aromatic carbocycles. The van der Waals surface area contributed by atoms with Crippen LogP contribution in [0.4, 0.5) is 0 Å². The van der Waals surface area contributed by atoms with Crippen LogP contribution in [0, 0.1) is 0 Å². The first-order chi connectivity index (χ1) is 13.7. The van der Waals surface area contributed by atoms with Crippen LogP contribution >= 0.6 is 0 Å². The first-order valence-electron chi connectivity index (χ1n) is 9.88. The number of hydrogen-bond donors (Lipinski definition) is 0. The molecule has 0 atom stereocenters. The lowest BCUT2D eigenvalue weighted by Crippen LogP contribution is -2.47. The molecular weight excluding hydrogens is 350 g/mol. The van der Waals surface area contributed by atoms with Gasteiger partial charge in [-0.2, -0.15) is 0 Å². The Morgan fingerprint density at radius 1 is 0.964 bits per heavy atom. The lowest BCUT2D eigenvalue weighted by atomic mass is 10.1. The Bertz CT molecular complexity index is 925. The minimum Gasteiger partial charge on any atom is -0.492 e. The van der Waals surface area contributed by atoms with Crippen LogP contribution in [0.15, 0.2) is 54.7 Å². The molecule has 1 fully saturated rings. The monoisotopic (exact) mass is 377 g/mol. The van der Waals surface area contributed by atoms with Crippen molar-refractivity contribution in [3.8, 4) is 5.75 Å². The molecule has 0 N–H and O–H groups in total. The number of benzene rings is 2.